The zero-order chi connectivity index (χ0) is 26.0. The third-order valence-corrected chi connectivity index (χ3v) is 7.44. The van der Waals surface area contributed by atoms with Crippen molar-refractivity contribution in [2.24, 2.45) is 0 Å². The Hall–Kier alpha value is -5.14. The maximum absolute atomic E-state index is 2.30. The van der Waals surface area contributed by atoms with Crippen LogP contribution in [0.25, 0.3) is 43.8 Å². The number of fused-ring (bicyclic) bond motifs is 2. The molecular formula is C38H27N. The van der Waals surface area contributed by atoms with E-state index in [1.807, 2.05) is 0 Å². The second-order valence-corrected chi connectivity index (χ2v) is 9.76. The predicted octanol–water partition coefficient (Wildman–Crippen LogP) is 10.8. The van der Waals surface area contributed by atoms with E-state index >= 15 is 0 Å². The first-order valence-electron chi connectivity index (χ1n) is 13.4. The van der Waals surface area contributed by atoms with Gasteiger partial charge in [0.25, 0.3) is 0 Å². The van der Waals surface area contributed by atoms with Crippen LogP contribution in [0.2, 0.25) is 0 Å². The highest BCUT2D eigenvalue weighted by atomic mass is 15.1. The molecule has 39 heavy (non-hydrogen) atoms. The minimum Gasteiger partial charge on any atom is -0.311 e. The smallest absolute Gasteiger partial charge is 0.0462 e. The molecule has 0 atom stereocenters. The van der Waals surface area contributed by atoms with Gasteiger partial charge in [-0.2, -0.15) is 0 Å². The monoisotopic (exact) mass is 497 g/mol. The quantitative estimate of drug-likeness (QED) is 0.214. The third-order valence-electron chi connectivity index (χ3n) is 7.44. The van der Waals surface area contributed by atoms with E-state index in [2.05, 4.69) is 169 Å². The van der Waals surface area contributed by atoms with Gasteiger partial charge in [-0.3, -0.25) is 0 Å². The van der Waals surface area contributed by atoms with Gasteiger partial charge in [-0.05, 0) is 80.2 Å². The first kappa shape index (κ1) is 23.0. The Labute approximate surface area is 229 Å². The van der Waals surface area contributed by atoms with Gasteiger partial charge in [0.1, 0.15) is 0 Å². The molecule has 184 valence electrons. The topological polar surface area (TPSA) is 3.24 Å². The number of rotatable bonds is 5. The average molecular weight is 498 g/mol. The fraction of sp³-hybridized carbons (Fsp3) is 0. The van der Waals surface area contributed by atoms with Crippen LogP contribution in [0.1, 0.15) is 0 Å². The zero-order valence-corrected chi connectivity index (χ0v) is 21.5. The molecule has 0 N–H and O–H groups in total. The van der Waals surface area contributed by atoms with Crippen LogP contribution in [-0.2, 0) is 0 Å². The molecule has 0 aromatic heterocycles. The first-order chi connectivity index (χ1) is 19.4. The number of para-hydroxylation sites is 2. The van der Waals surface area contributed by atoms with Gasteiger partial charge in [0.05, 0.1) is 0 Å². The summed E-state index contributed by atoms with van der Waals surface area (Å²) in [6.45, 7) is 0. The lowest BCUT2D eigenvalue weighted by Crippen LogP contribution is -2.09. The molecule has 1 heteroatoms. The molecule has 0 heterocycles. The highest BCUT2D eigenvalue weighted by molar-refractivity contribution is 6.21. The molecule has 0 spiro atoms. The Morgan fingerprint density at radius 3 is 0.974 bits per heavy atom. The average Bonchev–Trinajstić information content (AvgIpc) is 3.02. The van der Waals surface area contributed by atoms with E-state index in [0.717, 1.165) is 17.1 Å². The molecule has 0 saturated heterocycles. The van der Waals surface area contributed by atoms with Crippen LogP contribution in [0.3, 0.4) is 0 Å². The van der Waals surface area contributed by atoms with Gasteiger partial charge in [-0.15, -0.1) is 0 Å². The molecule has 0 bridgehead atoms. The standard InChI is InChI=1S/C38H27N/c1-4-14-28(15-5-1)37-33-20-10-12-22-35(33)38(36-23-13-11-21-34(36)37)29-24-26-32(27-25-29)39(30-16-6-2-7-17-30)31-18-8-3-9-19-31/h1-27H. The minimum atomic E-state index is 1.13. The fourth-order valence-corrected chi connectivity index (χ4v) is 5.73. The Bertz CT molecular complexity index is 1780. The molecule has 0 aliphatic carbocycles. The van der Waals surface area contributed by atoms with Gasteiger partial charge in [0.15, 0.2) is 0 Å². The van der Waals surface area contributed by atoms with Crippen LogP contribution in [0.15, 0.2) is 164 Å². The summed E-state index contributed by atoms with van der Waals surface area (Å²) in [6.07, 6.45) is 0. The highest BCUT2D eigenvalue weighted by Crippen LogP contribution is 2.44. The Kier molecular flexibility index (Phi) is 5.88. The van der Waals surface area contributed by atoms with Gasteiger partial charge >= 0.3 is 0 Å². The molecule has 0 fully saturated rings. The van der Waals surface area contributed by atoms with Crippen molar-refractivity contribution in [2.45, 2.75) is 0 Å². The number of hydrogen-bond acceptors (Lipinski definition) is 1. The van der Waals surface area contributed by atoms with Crippen LogP contribution in [-0.4, -0.2) is 0 Å². The molecule has 7 rings (SSSR count). The largest absolute Gasteiger partial charge is 0.311 e. The van der Waals surface area contributed by atoms with Crippen molar-refractivity contribution < 1.29 is 0 Å². The summed E-state index contributed by atoms with van der Waals surface area (Å²) in [5.74, 6) is 0. The second kappa shape index (κ2) is 9.96. The summed E-state index contributed by atoms with van der Waals surface area (Å²) in [6, 6.07) is 58.5. The number of anilines is 3. The number of benzene rings is 7. The summed E-state index contributed by atoms with van der Waals surface area (Å²) < 4.78 is 0. The lowest BCUT2D eigenvalue weighted by Gasteiger charge is -2.25. The van der Waals surface area contributed by atoms with E-state index in [0.29, 0.717) is 0 Å². The summed E-state index contributed by atoms with van der Waals surface area (Å²) in [5, 5.41) is 5.09. The van der Waals surface area contributed by atoms with Crippen LogP contribution >= 0.6 is 0 Å². The SMILES string of the molecule is c1ccc(-c2c3ccccc3c(-c3ccc(N(c4ccccc4)c4ccccc4)cc3)c3ccccc23)cc1. The Morgan fingerprint density at radius 2 is 0.564 bits per heavy atom. The second-order valence-electron chi connectivity index (χ2n) is 9.76. The highest BCUT2D eigenvalue weighted by Gasteiger charge is 2.17. The molecular weight excluding hydrogens is 470 g/mol. The summed E-state index contributed by atoms with van der Waals surface area (Å²) >= 11 is 0. The van der Waals surface area contributed by atoms with Gasteiger partial charge in [0, 0.05) is 17.1 Å². The van der Waals surface area contributed by atoms with Gasteiger partial charge in [0.2, 0.25) is 0 Å². The van der Waals surface area contributed by atoms with Crippen molar-refractivity contribution in [1.29, 1.82) is 0 Å². The van der Waals surface area contributed by atoms with Crippen molar-refractivity contribution in [1.82, 2.24) is 0 Å². The predicted molar refractivity (Wildman–Crippen MR) is 167 cm³/mol. The van der Waals surface area contributed by atoms with Crippen molar-refractivity contribution in [2.75, 3.05) is 4.90 Å². The lowest BCUT2D eigenvalue weighted by atomic mass is 9.86. The minimum absolute atomic E-state index is 1.13. The van der Waals surface area contributed by atoms with E-state index in [1.54, 1.807) is 0 Å². The van der Waals surface area contributed by atoms with Crippen LogP contribution in [0.4, 0.5) is 17.1 Å². The maximum Gasteiger partial charge on any atom is 0.0462 e. The van der Waals surface area contributed by atoms with Crippen molar-refractivity contribution in [3.05, 3.63) is 164 Å². The maximum atomic E-state index is 2.30. The Morgan fingerprint density at radius 1 is 0.256 bits per heavy atom. The molecule has 1 nitrogen and oxygen atoms in total. The molecule has 7 aromatic rings. The summed E-state index contributed by atoms with van der Waals surface area (Å²) in [7, 11) is 0. The van der Waals surface area contributed by atoms with E-state index in [-0.39, 0.29) is 0 Å². The normalized spacial score (nSPS) is 11.1. The molecule has 0 aliphatic heterocycles. The van der Waals surface area contributed by atoms with E-state index in [9.17, 15) is 0 Å². The lowest BCUT2D eigenvalue weighted by molar-refractivity contribution is 1.28. The van der Waals surface area contributed by atoms with E-state index in [4.69, 9.17) is 0 Å². The number of hydrogen-bond donors (Lipinski definition) is 0. The molecule has 0 amide bonds. The fourth-order valence-electron chi connectivity index (χ4n) is 5.73. The Balaban J connectivity index is 1.43. The zero-order valence-electron chi connectivity index (χ0n) is 21.5. The summed E-state index contributed by atoms with van der Waals surface area (Å²) in [4.78, 5) is 2.30. The van der Waals surface area contributed by atoms with Crippen molar-refractivity contribution in [3.8, 4) is 22.3 Å². The number of nitrogens with zero attached hydrogens (tertiary/aromatic N) is 1. The van der Waals surface area contributed by atoms with Crippen molar-refractivity contribution >= 4 is 38.6 Å². The molecule has 0 unspecified atom stereocenters. The molecule has 7 aromatic carbocycles. The summed E-state index contributed by atoms with van der Waals surface area (Å²) in [5.41, 5.74) is 8.43. The van der Waals surface area contributed by atoms with E-state index in [1.165, 1.54) is 43.8 Å². The van der Waals surface area contributed by atoms with Crippen LogP contribution in [0, 0.1) is 0 Å². The molecule has 0 radical (unpaired) electrons. The third kappa shape index (κ3) is 4.15. The van der Waals surface area contributed by atoms with Gasteiger partial charge < -0.3 is 4.90 Å². The van der Waals surface area contributed by atoms with Crippen LogP contribution in [0.5, 0.6) is 0 Å². The van der Waals surface area contributed by atoms with Crippen LogP contribution < -0.4 is 4.90 Å². The van der Waals surface area contributed by atoms with Gasteiger partial charge in [-0.25, -0.2) is 0 Å². The molecule has 0 saturated carbocycles. The molecule has 0 aliphatic rings. The van der Waals surface area contributed by atoms with E-state index < -0.39 is 0 Å². The van der Waals surface area contributed by atoms with Gasteiger partial charge in [-0.1, -0.05) is 127 Å². The van der Waals surface area contributed by atoms with Crippen molar-refractivity contribution in [3.63, 3.8) is 0 Å². The first-order valence-corrected chi connectivity index (χ1v) is 13.4.